The summed E-state index contributed by atoms with van der Waals surface area (Å²) in [4.78, 5) is 0. The van der Waals surface area contributed by atoms with Gasteiger partial charge in [-0.1, -0.05) is 10.8 Å². The number of rotatable bonds is 2. The SMILES string of the molecule is Cc1ccc(C(C)SS)o1. The van der Waals surface area contributed by atoms with E-state index in [0.717, 1.165) is 11.5 Å². The third kappa shape index (κ3) is 1.73. The first-order valence-corrected chi connectivity index (χ1v) is 5.04. The van der Waals surface area contributed by atoms with Crippen molar-refractivity contribution in [1.82, 2.24) is 0 Å². The lowest BCUT2D eigenvalue weighted by Crippen LogP contribution is -1.79. The van der Waals surface area contributed by atoms with E-state index < -0.39 is 0 Å². The standard InChI is InChI=1S/C7H10OS2/c1-5-3-4-7(8-5)6(2)10-9/h3-4,6,9H,1-2H3. The molecule has 0 saturated carbocycles. The van der Waals surface area contributed by atoms with Crippen molar-refractivity contribution in [2.75, 3.05) is 0 Å². The van der Waals surface area contributed by atoms with E-state index in [4.69, 9.17) is 4.42 Å². The van der Waals surface area contributed by atoms with Crippen LogP contribution in [0.5, 0.6) is 0 Å². The molecule has 1 heterocycles. The van der Waals surface area contributed by atoms with Crippen molar-refractivity contribution in [3.8, 4) is 0 Å². The average molecular weight is 174 g/mol. The van der Waals surface area contributed by atoms with Gasteiger partial charge < -0.3 is 4.42 Å². The van der Waals surface area contributed by atoms with Crippen LogP contribution in [-0.2, 0) is 0 Å². The Morgan fingerprint density at radius 2 is 2.30 bits per heavy atom. The first-order chi connectivity index (χ1) is 4.74. The van der Waals surface area contributed by atoms with Gasteiger partial charge in [0.2, 0.25) is 0 Å². The van der Waals surface area contributed by atoms with Crippen LogP contribution in [0, 0.1) is 6.92 Å². The maximum absolute atomic E-state index is 5.37. The Balaban J connectivity index is 2.74. The van der Waals surface area contributed by atoms with Crippen LogP contribution in [0.25, 0.3) is 0 Å². The van der Waals surface area contributed by atoms with Gasteiger partial charge in [0.1, 0.15) is 11.5 Å². The van der Waals surface area contributed by atoms with Crippen LogP contribution in [0.1, 0.15) is 23.7 Å². The fourth-order valence-corrected chi connectivity index (χ4v) is 1.27. The minimum Gasteiger partial charge on any atom is -0.465 e. The van der Waals surface area contributed by atoms with Crippen molar-refractivity contribution in [3.05, 3.63) is 23.7 Å². The van der Waals surface area contributed by atoms with E-state index >= 15 is 0 Å². The molecule has 0 bridgehead atoms. The third-order valence-electron chi connectivity index (χ3n) is 1.32. The van der Waals surface area contributed by atoms with Gasteiger partial charge in [-0.15, -0.1) is 11.7 Å². The Morgan fingerprint density at radius 1 is 1.60 bits per heavy atom. The van der Waals surface area contributed by atoms with Crippen molar-refractivity contribution in [2.45, 2.75) is 19.1 Å². The van der Waals surface area contributed by atoms with Gasteiger partial charge in [0.05, 0.1) is 5.25 Å². The summed E-state index contributed by atoms with van der Waals surface area (Å²) >= 11 is 4.09. The van der Waals surface area contributed by atoms with Gasteiger partial charge in [0.25, 0.3) is 0 Å². The molecule has 1 unspecified atom stereocenters. The molecule has 1 atom stereocenters. The third-order valence-corrected chi connectivity index (χ3v) is 2.82. The Kier molecular flexibility index (Phi) is 2.74. The maximum atomic E-state index is 5.37. The summed E-state index contributed by atoms with van der Waals surface area (Å²) in [5.74, 6) is 1.96. The van der Waals surface area contributed by atoms with Crippen LogP contribution in [0.4, 0.5) is 0 Å². The monoisotopic (exact) mass is 174 g/mol. The van der Waals surface area contributed by atoms with E-state index in [9.17, 15) is 0 Å². The molecule has 1 aromatic heterocycles. The predicted octanol–water partition coefficient (Wildman–Crippen LogP) is 3.23. The van der Waals surface area contributed by atoms with Crippen molar-refractivity contribution in [3.63, 3.8) is 0 Å². The molecule has 0 aliphatic heterocycles. The quantitative estimate of drug-likeness (QED) is 0.546. The van der Waals surface area contributed by atoms with Crippen molar-refractivity contribution in [1.29, 1.82) is 0 Å². The molecule has 0 N–H and O–H groups in total. The summed E-state index contributed by atoms with van der Waals surface area (Å²) in [6, 6.07) is 3.96. The van der Waals surface area contributed by atoms with Gasteiger partial charge in [-0.3, -0.25) is 0 Å². The van der Waals surface area contributed by atoms with Gasteiger partial charge in [-0.25, -0.2) is 0 Å². The number of hydrogen-bond donors (Lipinski definition) is 1. The highest BCUT2D eigenvalue weighted by atomic mass is 33.1. The topological polar surface area (TPSA) is 13.1 Å². The van der Waals surface area contributed by atoms with Gasteiger partial charge in [0.15, 0.2) is 0 Å². The molecule has 0 aromatic carbocycles. The van der Waals surface area contributed by atoms with Gasteiger partial charge >= 0.3 is 0 Å². The molecule has 0 radical (unpaired) electrons. The highest BCUT2D eigenvalue weighted by molar-refractivity contribution is 8.68. The lowest BCUT2D eigenvalue weighted by atomic mass is 10.3. The second-order valence-corrected chi connectivity index (χ2v) is 3.75. The number of thiol groups is 1. The normalized spacial score (nSPS) is 13.5. The minimum atomic E-state index is 0.344. The van der Waals surface area contributed by atoms with Crippen LogP contribution in [0.2, 0.25) is 0 Å². The van der Waals surface area contributed by atoms with Gasteiger partial charge in [-0.05, 0) is 26.0 Å². The number of aryl methyl sites for hydroxylation is 1. The fourth-order valence-electron chi connectivity index (χ4n) is 0.724. The molecule has 1 rings (SSSR count). The minimum absolute atomic E-state index is 0.344. The van der Waals surface area contributed by atoms with Crippen molar-refractivity contribution in [2.24, 2.45) is 0 Å². The fraction of sp³-hybridized carbons (Fsp3) is 0.429. The molecule has 1 nitrogen and oxygen atoms in total. The van der Waals surface area contributed by atoms with Gasteiger partial charge in [-0.2, -0.15) is 0 Å². The smallest absolute Gasteiger partial charge is 0.117 e. The van der Waals surface area contributed by atoms with Gasteiger partial charge in [0, 0.05) is 0 Å². The van der Waals surface area contributed by atoms with E-state index in [1.54, 1.807) is 0 Å². The molecule has 0 aliphatic carbocycles. The molecule has 56 valence electrons. The molecule has 0 fully saturated rings. The largest absolute Gasteiger partial charge is 0.465 e. The molecular formula is C7H10OS2. The van der Waals surface area contributed by atoms with Crippen LogP contribution >= 0.6 is 22.5 Å². The summed E-state index contributed by atoms with van der Waals surface area (Å²) in [6.45, 7) is 4.01. The maximum Gasteiger partial charge on any atom is 0.117 e. The first-order valence-electron chi connectivity index (χ1n) is 3.10. The summed E-state index contributed by atoms with van der Waals surface area (Å²) in [5.41, 5.74) is 0. The highest BCUT2D eigenvalue weighted by Crippen LogP contribution is 2.31. The van der Waals surface area contributed by atoms with Crippen molar-refractivity contribution < 1.29 is 4.42 Å². The lowest BCUT2D eigenvalue weighted by molar-refractivity contribution is 0.486. The molecule has 0 aliphatic rings. The molecule has 3 heteroatoms. The zero-order valence-corrected chi connectivity index (χ0v) is 7.71. The number of hydrogen-bond acceptors (Lipinski definition) is 3. The molecule has 0 amide bonds. The van der Waals surface area contributed by atoms with E-state index in [0.29, 0.717) is 5.25 Å². The summed E-state index contributed by atoms with van der Waals surface area (Å²) in [6.07, 6.45) is 0. The van der Waals surface area contributed by atoms with E-state index in [-0.39, 0.29) is 0 Å². The van der Waals surface area contributed by atoms with Crippen LogP contribution in [-0.4, -0.2) is 0 Å². The zero-order valence-electron chi connectivity index (χ0n) is 6.00. The summed E-state index contributed by atoms with van der Waals surface area (Å²) in [5, 5.41) is 0.344. The summed E-state index contributed by atoms with van der Waals surface area (Å²) in [7, 11) is 1.49. The molecule has 0 saturated heterocycles. The summed E-state index contributed by atoms with van der Waals surface area (Å²) < 4.78 is 5.37. The average Bonchev–Trinajstić information content (AvgIpc) is 2.34. The predicted molar refractivity (Wildman–Crippen MR) is 48.4 cm³/mol. The van der Waals surface area contributed by atoms with Crippen LogP contribution < -0.4 is 0 Å². The lowest BCUT2D eigenvalue weighted by Gasteiger charge is -2.00. The Hall–Kier alpha value is -0.0200. The first kappa shape index (κ1) is 8.08. The van der Waals surface area contributed by atoms with Crippen molar-refractivity contribution >= 4 is 22.5 Å². The number of furan rings is 1. The van der Waals surface area contributed by atoms with E-state index in [2.05, 4.69) is 18.6 Å². The van der Waals surface area contributed by atoms with Crippen LogP contribution in [0.15, 0.2) is 16.5 Å². The molecular weight excluding hydrogens is 164 g/mol. The highest BCUT2D eigenvalue weighted by Gasteiger charge is 2.06. The Bertz CT molecular complexity index is 207. The Morgan fingerprint density at radius 3 is 2.70 bits per heavy atom. The van der Waals surface area contributed by atoms with E-state index in [1.807, 2.05) is 19.1 Å². The van der Waals surface area contributed by atoms with Crippen LogP contribution in [0.3, 0.4) is 0 Å². The zero-order chi connectivity index (χ0) is 7.56. The second-order valence-electron chi connectivity index (χ2n) is 2.20. The second kappa shape index (κ2) is 3.39. The molecule has 10 heavy (non-hydrogen) atoms. The molecule has 0 spiro atoms. The van der Waals surface area contributed by atoms with E-state index in [1.165, 1.54) is 10.8 Å². The Labute approximate surface area is 70.0 Å². The molecule has 1 aromatic rings.